The molecule has 0 heterocycles. The molecule has 100 valence electrons. The molecular formula is C14H21NO2S. The Morgan fingerprint density at radius 2 is 2.11 bits per heavy atom. The van der Waals surface area contributed by atoms with Crippen molar-refractivity contribution in [3.8, 4) is 0 Å². The molecule has 3 nitrogen and oxygen atoms in total. The predicted molar refractivity (Wildman–Crippen MR) is 76.5 cm³/mol. The Morgan fingerprint density at radius 1 is 1.44 bits per heavy atom. The number of rotatable bonds is 5. The second kappa shape index (κ2) is 6.25. The highest BCUT2D eigenvalue weighted by molar-refractivity contribution is 7.80. The minimum Gasteiger partial charge on any atom is -0.374 e. The third-order valence-electron chi connectivity index (χ3n) is 2.68. The summed E-state index contributed by atoms with van der Waals surface area (Å²) in [5, 5.41) is 2.89. The number of amides is 1. The second-order valence-electron chi connectivity index (χ2n) is 4.87. The fraction of sp³-hybridized carbons (Fsp3) is 0.500. The molecule has 0 aliphatic rings. The predicted octanol–water partition coefficient (Wildman–Crippen LogP) is 2.83. The molecule has 0 saturated heterocycles. The van der Waals surface area contributed by atoms with Crippen molar-refractivity contribution >= 4 is 18.5 Å². The number of aryl methyl sites for hydroxylation is 1. The van der Waals surface area contributed by atoms with Gasteiger partial charge in [-0.1, -0.05) is 6.07 Å². The number of ether oxygens (including phenoxy) is 1. The van der Waals surface area contributed by atoms with E-state index in [9.17, 15) is 4.79 Å². The Hall–Kier alpha value is -1.00. The normalized spacial score (nSPS) is 11.4. The standard InChI is InChI=1S/C14H21NO2S/c1-5-17-14(3,4)9-15-13(16)12-8-11(18)7-6-10(12)2/h6-8,18H,5,9H2,1-4H3,(H,15,16). The van der Waals surface area contributed by atoms with Crippen LogP contribution >= 0.6 is 12.6 Å². The molecule has 0 spiro atoms. The number of benzene rings is 1. The summed E-state index contributed by atoms with van der Waals surface area (Å²) in [5.74, 6) is -0.0869. The summed E-state index contributed by atoms with van der Waals surface area (Å²) in [6.07, 6.45) is 0. The highest BCUT2D eigenvalue weighted by Gasteiger charge is 2.19. The van der Waals surface area contributed by atoms with Gasteiger partial charge in [0.25, 0.3) is 5.91 Å². The van der Waals surface area contributed by atoms with E-state index in [0.717, 1.165) is 10.5 Å². The number of carbonyl (C=O) groups is 1. The minimum absolute atomic E-state index is 0.0869. The molecular weight excluding hydrogens is 246 g/mol. The highest BCUT2D eigenvalue weighted by atomic mass is 32.1. The zero-order valence-corrected chi connectivity index (χ0v) is 12.3. The van der Waals surface area contributed by atoms with Crippen molar-refractivity contribution in [2.24, 2.45) is 0 Å². The highest BCUT2D eigenvalue weighted by Crippen LogP contribution is 2.14. The van der Waals surface area contributed by atoms with Gasteiger partial charge in [-0.15, -0.1) is 12.6 Å². The van der Waals surface area contributed by atoms with E-state index in [4.69, 9.17) is 4.74 Å². The summed E-state index contributed by atoms with van der Waals surface area (Å²) < 4.78 is 5.54. The van der Waals surface area contributed by atoms with Crippen LogP contribution in [0.25, 0.3) is 0 Å². The van der Waals surface area contributed by atoms with Gasteiger partial charge in [-0.2, -0.15) is 0 Å². The Kier molecular flexibility index (Phi) is 5.23. The maximum absolute atomic E-state index is 12.1. The fourth-order valence-electron chi connectivity index (χ4n) is 1.68. The summed E-state index contributed by atoms with van der Waals surface area (Å²) in [4.78, 5) is 12.9. The molecule has 0 fully saturated rings. The maximum Gasteiger partial charge on any atom is 0.251 e. The van der Waals surface area contributed by atoms with Crippen LogP contribution in [0.5, 0.6) is 0 Å². The van der Waals surface area contributed by atoms with E-state index in [1.165, 1.54) is 0 Å². The first-order valence-corrected chi connectivity index (χ1v) is 6.52. The summed E-state index contributed by atoms with van der Waals surface area (Å²) in [6, 6.07) is 5.55. The van der Waals surface area contributed by atoms with E-state index in [1.54, 1.807) is 6.07 Å². The Morgan fingerprint density at radius 3 is 2.72 bits per heavy atom. The van der Waals surface area contributed by atoms with Crippen LogP contribution in [0.3, 0.4) is 0 Å². The van der Waals surface area contributed by atoms with Crippen molar-refractivity contribution in [3.63, 3.8) is 0 Å². The molecule has 0 bridgehead atoms. The van der Waals surface area contributed by atoms with Crippen LogP contribution < -0.4 is 5.32 Å². The van der Waals surface area contributed by atoms with Crippen LogP contribution in [-0.2, 0) is 4.74 Å². The molecule has 0 saturated carbocycles. The molecule has 0 radical (unpaired) electrons. The third-order valence-corrected chi connectivity index (χ3v) is 2.95. The molecule has 0 atom stereocenters. The second-order valence-corrected chi connectivity index (χ2v) is 5.39. The van der Waals surface area contributed by atoms with E-state index in [-0.39, 0.29) is 11.5 Å². The van der Waals surface area contributed by atoms with E-state index in [2.05, 4.69) is 17.9 Å². The lowest BCUT2D eigenvalue weighted by Gasteiger charge is -2.25. The van der Waals surface area contributed by atoms with Crippen molar-refractivity contribution in [2.45, 2.75) is 38.2 Å². The molecule has 0 aromatic heterocycles. The van der Waals surface area contributed by atoms with E-state index < -0.39 is 0 Å². The lowest BCUT2D eigenvalue weighted by atomic mass is 10.1. The molecule has 1 N–H and O–H groups in total. The Labute approximate surface area is 114 Å². The van der Waals surface area contributed by atoms with Gasteiger partial charge >= 0.3 is 0 Å². The molecule has 1 amide bonds. The van der Waals surface area contributed by atoms with Crippen LogP contribution in [0.4, 0.5) is 0 Å². The smallest absolute Gasteiger partial charge is 0.251 e. The van der Waals surface area contributed by atoms with E-state index >= 15 is 0 Å². The van der Waals surface area contributed by atoms with Crippen LogP contribution in [-0.4, -0.2) is 24.7 Å². The first-order chi connectivity index (χ1) is 8.35. The largest absolute Gasteiger partial charge is 0.374 e. The first kappa shape index (κ1) is 15.1. The molecule has 1 aromatic rings. The zero-order chi connectivity index (χ0) is 13.8. The van der Waals surface area contributed by atoms with Crippen molar-refractivity contribution in [1.82, 2.24) is 5.32 Å². The molecule has 18 heavy (non-hydrogen) atoms. The van der Waals surface area contributed by atoms with Crippen molar-refractivity contribution in [2.75, 3.05) is 13.2 Å². The number of hydrogen-bond acceptors (Lipinski definition) is 3. The van der Waals surface area contributed by atoms with Crippen molar-refractivity contribution in [3.05, 3.63) is 29.3 Å². The molecule has 0 aliphatic carbocycles. The molecule has 1 rings (SSSR count). The Balaban J connectivity index is 2.69. The molecule has 1 aromatic carbocycles. The van der Waals surface area contributed by atoms with Crippen LogP contribution in [0.2, 0.25) is 0 Å². The quantitative estimate of drug-likeness (QED) is 0.805. The summed E-state index contributed by atoms with van der Waals surface area (Å²) in [6.45, 7) is 8.88. The van der Waals surface area contributed by atoms with E-state index in [1.807, 2.05) is 39.8 Å². The first-order valence-electron chi connectivity index (χ1n) is 6.07. The van der Waals surface area contributed by atoms with Gasteiger partial charge in [0.1, 0.15) is 0 Å². The van der Waals surface area contributed by atoms with Crippen LogP contribution in [0, 0.1) is 6.92 Å². The molecule has 4 heteroatoms. The summed E-state index contributed by atoms with van der Waals surface area (Å²) >= 11 is 4.25. The van der Waals surface area contributed by atoms with Gasteiger partial charge in [0.2, 0.25) is 0 Å². The molecule has 0 aliphatic heterocycles. The monoisotopic (exact) mass is 267 g/mol. The minimum atomic E-state index is -0.350. The van der Waals surface area contributed by atoms with Gasteiger partial charge in [0.15, 0.2) is 0 Å². The van der Waals surface area contributed by atoms with Crippen molar-refractivity contribution < 1.29 is 9.53 Å². The lowest BCUT2D eigenvalue weighted by Crippen LogP contribution is -2.40. The van der Waals surface area contributed by atoms with E-state index in [0.29, 0.717) is 18.7 Å². The third kappa shape index (κ3) is 4.35. The number of nitrogens with one attached hydrogen (secondary N) is 1. The topological polar surface area (TPSA) is 38.3 Å². The summed E-state index contributed by atoms with van der Waals surface area (Å²) in [5.41, 5.74) is 1.26. The van der Waals surface area contributed by atoms with Gasteiger partial charge in [-0.3, -0.25) is 4.79 Å². The van der Waals surface area contributed by atoms with Gasteiger partial charge in [0, 0.05) is 23.6 Å². The summed E-state index contributed by atoms with van der Waals surface area (Å²) in [7, 11) is 0. The zero-order valence-electron chi connectivity index (χ0n) is 11.4. The van der Waals surface area contributed by atoms with Gasteiger partial charge in [-0.25, -0.2) is 0 Å². The number of hydrogen-bond donors (Lipinski definition) is 2. The van der Waals surface area contributed by atoms with Crippen molar-refractivity contribution in [1.29, 1.82) is 0 Å². The maximum atomic E-state index is 12.1. The van der Waals surface area contributed by atoms with Crippen LogP contribution in [0.15, 0.2) is 23.1 Å². The number of thiol groups is 1. The van der Waals surface area contributed by atoms with Gasteiger partial charge in [-0.05, 0) is 45.4 Å². The van der Waals surface area contributed by atoms with Gasteiger partial charge in [0.05, 0.1) is 5.60 Å². The molecule has 0 unspecified atom stereocenters. The van der Waals surface area contributed by atoms with Crippen LogP contribution in [0.1, 0.15) is 36.7 Å². The SMILES string of the molecule is CCOC(C)(C)CNC(=O)c1cc(S)ccc1C. The Bertz CT molecular complexity index is 430. The lowest BCUT2D eigenvalue weighted by molar-refractivity contribution is -0.00816. The number of carbonyl (C=O) groups excluding carboxylic acids is 1. The average Bonchev–Trinajstić information content (AvgIpc) is 2.29. The average molecular weight is 267 g/mol. The fourth-order valence-corrected chi connectivity index (χ4v) is 1.89. The van der Waals surface area contributed by atoms with Gasteiger partial charge < -0.3 is 10.1 Å².